The van der Waals surface area contributed by atoms with Crippen LogP contribution in [0.3, 0.4) is 0 Å². The van der Waals surface area contributed by atoms with E-state index in [1.165, 1.54) is 76.5 Å². The van der Waals surface area contributed by atoms with E-state index in [1.807, 2.05) is 0 Å². The van der Waals surface area contributed by atoms with E-state index in [0.717, 1.165) is 12.8 Å². The van der Waals surface area contributed by atoms with Crippen LogP contribution in [0, 0.1) is 6.92 Å². The maximum Gasteiger partial charge on any atom is -0.00235 e. The summed E-state index contributed by atoms with van der Waals surface area (Å²) in [6, 6.07) is 40.3. The van der Waals surface area contributed by atoms with Gasteiger partial charge in [-0.2, -0.15) is 0 Å². The Kier molecular flexibility index (Phi) is 6.17. The number of hydrogen-bond donors (Lipinski definition) is 0. The molecule has 6 aromatic rings. The largest absolute Gasteiger partial charge is 0.0871 e. The zero-order valence-electron chi connectivity index (χ0n) is 23.1. The van der Waals surface area contributed by atoms with Crippen molar-refractivity contribution in [2.45, 2.75) is 26.7 Å². The highest BCUT2D eigenvalue weighted by atomic mass is 14.2. The molecule has 40 heavy (non-hydrogen) atoms. The highest BCUT2D eigenvalue weighted by molar-refractivity contribution is 6.11. The lowest BCUT2D eigenvalue weighted by Crippen LogP contribution is -2.31. The molecule has 0 heteroatoms. The monoisotopic (exact) mass is 512 g/mol. The van der Waals surface area contributed by atoms with Crippen molar-refractivity contribution in [1.82, 2.24) is 0 Å². The third-order valence-corrected chi connectivity index (χ3v) is 8.34. The van der Waals surface area contributed by atoms with Gasteiger partial charge in [0.15, 0.2) is 0 Å². The maximum atomic E-state index is 2.48. The van der Waals surface area contributed by atoms with Gasteiger partial charge in [-0.1, -0.05) is 133 Å². The van der Waals surface area contributed by atoms with Gasteiger partial charge in [0.1, 0.15) is 0 Å². The minimum absolute atomic E-state index is 1.06. The summed E-state index contributed by atoms with van der Waals surface area (Å²) in [4.78, 5) is 0. The molecule has 0 nitrogen and oxygen atoms in total. The molecule has 192 valence electrons. The van der Waals surface area contributed by atoms with Crippen LogP contribution in [0.5, 0.6) is 0 Å². The maximum absolute atomic E-state index is 2.48. The number of benzene rings is 6. The number of aryl methyl sites for hydroxylation is 1. The van der Waals surface area contributed by atoms with Gasteiger partial charge in [0.25, 0.3) is 0 Å². The molecule has 6 aromatic carbocycles. The molecule has 0 bridgehead atoms. The normalized spacial score (nSPS) is 12.8. The summed E-state index contributed by atoms with van der Waals surface area (Å²) in [5, 5.41) is 7.94. The van der Waals surface area contributed by atoms with Gasteiger partial charge in [0.2, 0.25) is 0 Å². The molecule has 0 saturated heterocycles. The zero-order valence-corrected chi connectivity index (χ0v) is 23.1. The van der Waals surface area contributed by atoms with Crippen LogP contribution in [-0.4, -0.2) is 0 Å². The molecule has 0 radical (unpaired) electrons. The van der Waals surface area contributed by atoms with E-state index in [2.05, 4.69) is 147 Å². The van der Waals surface area contributed by atoms with Gasteiger partial charge in [-0.25, -0.2) is 0 Å². The van der Waals surface area contributed by atoms with Crippen molar-refractivity contribution < 1.29 is 0 Å². The molecular formula is C40H32. The van der Waals surface area contributed by atoms with E-state index >= 15 is 0 Å². The van der Waals surface area contributed by atoms with E-state index < -0.39 is 0 Å². The van der Waals surface area contributed by atoms with Crippen LogP contribution < -0.4 is 10.4 Å². The molecule has 7 rings (SSSR count). The molecule has 0 atom stereocenters. The van der Waals surface area contributed by atoms with Gasteiger partial charge in [-0.3, -0.25) is 0 Å². The van der Waals surface area contributed by atoms with Crippen molar-refractivity contribution in [2.24, 2.45) is 0 Å². The molecule has 0 spiro atoms. The van der Waals surface area contributed by atoms with Crippen LogP contribution in [0.2, 0.25) is 0 Å². The highest BCUT2D eigenvalue weighted by Gasteiger charge is 2.19. The fourth-order valence-electron chi connectivity index (χ4n) is 6.54. The van der Waals surface area contributed by atoms with Crippen LogP contribution in [0.15, 0.2) is 115 Å². The first kappa shape index (κ1) is 24.4. The minimum atomic E-state index is 1.06. The van der Waals surface area contributed by atoms with E-state index in [1.54, 1.807) is 0 Å². The van der Waals surface area contributed by atoms with E-state index in [4.69, 9.17) is 0 Å². The molecule has 0 fully saturated rings. The SMILES string of the molecule is C/C=C\c1ccc(-c2ccccc2-c2c3c(c(-c4cccc5ccccc45)c4ccccc24)=CCCC=3)cc1C. The number of fused-ring (bicyclic) bond motifs is 3. The summed E-state index contributed by atoms with van der Waals surface area (Å²) < 4.78 is 0. The van der Waals surface area contributed by atoms with E-state index in [0.29, 0.717) is 0 Å². The first-order valence-electron chi connectivity index (χ1n) is 14.3. The van der Waals surface area contributed by atoms with Crippen LogP contribution in [-0.2, 0) is 0 Å². The Morgan fingerprint density at radius 2 is 1.12 bits per heavy atom. The fourth-order valence-corrected chi connectivity index (χ4v) is 6.54. The predicted molar refractivity (Wildman–Crippen MR) is 175 cm³/mol. The quantitative estimate of drug-likeness (QED) is 0.220. The van der Waals surface area contributed by atoms with Crippen molar-refractivity contribution >= 4 is 39.8 Å². The lowest BCUT2D eigenvalue weighted by Gasteiger charge is -2.20. The van der Waals surface area contributed by atoms with Gasteiger partial charge in [0, 0.05) is 0 Å². The molecule has 0 N–H and O–H groups in total. The summed E-state index contributed by atoms with van der Waals surface area (Å²) in [6.45, 7) is 4.28. The van der Waals surface area contributed by atoms with Crippen LogP contribution in [0.4, 0.5) is 0 Å². The molecule has 0 unspecified atom stereocenters. The van der Waals surface area contributed by atoms with Crippen molar-refractivity contribution in [3.05, 3.63) is 137 Å². The second-order valence-electron chi connectivity index (χ2n) is 10.8. The van der Waals surface area contributed by atoms with Gasteiger partial charge in [-0.15, -0.1) is 0 Å². The Bertz CT molecular complexity index is 2070. The Morgan fingerprint density at radius 3 is 1.82 bits per heavy atom. The Balaban J connectivity index is 1.58. The first-order chi connectivity index (χ1) is 19.7. The van der Waals surface area contributed by atoms with E-state index in [9.17, 15) is 0 Å². The molecule has 1 aliphatic rings. The highest BCUT2D eigenvalue weighted by Crippen LogP contribution is 2.38. The zero-order chi connectivity index (χ0) is 27.1. The van der Waals surface area contributed by atoms with E-state index in [-0.39, 0.29) is 0 Å². The van der Waals surface area contributed by atoms with Gasteiger partial charge >= 0.3 is 0 Å². The number of allylic oxidation sites excluding steroid dienone is 1. The molecular weight excluding hydrogens is 480 g/mol. The summed E-state index contributed by atoms with van der Waals surface area (Å²) >= 11 is 0. The molecule has 0 heterocycles. The first-order valence-corrected chi connectivity index (χ1v) is 14.3. The molecule has 1 aliphatic carbocycles. The Labute approximate surface area is 236 Å². The van der Waals surface area contributed by atoms with Gasteiger partial charge < -0.3 is 0 Å². The summed E-state index contributed by atoms with van der Waals surface area (Å²) in [7, 11) is 0. The Hall–Kier alpha value is -4.68. The lowest BCUT2D eigenvalue weighted by molar-refractivity contribution is 1.12. The van der Waals surface area contributed by atoms with Crippen molar-refractivity contribution in [3.8, 4) is 33.4 Å². The van der Waals surface area contributed by atoms with Crippen molar-refractivity contribution in [1.29, 1.82) is 0 Å². The third-order valence-electron chi connectivity index (χ3n) is 8.34. The van der Waals surface area contributed by atoms with Crippen molar-refractivity contribution in [3.63, 3.8) is 0 Å². The lowest BCUT2D eigenvalue weighted by atomic mass is 9.83. The Morgan fingerprint density at radius 1 is 0.550 bits per heavy atom. The number of hydrogen-bond acceptors (Lipinski definition) is 0. The predicted octanol–water partition coefficient (Wildman–Crippen LogP) is 9.69. The van der Waals surface area contributed by atoms with Crippen molar-refractivity contribution in [2.75, 3.05) is 0 Å². The summed E-state index contributed by atoms with van der Waals surface area (Å²) in [5.41, 5.74) is 10.4. The van der Waals surface area contributed by atoms with Crippen LogP contribution in [0.25, 0.3) is 73.2 Å². The smallest absolute Gasteiger partial charge is 0.00235 e. The summed E-state index contributed by atoms with van der Waals surface area (Å²) in [5.74, 6) is 0. The standard InChI is InChI=1S/C40H32/c1-3-13-28-24-25-30(26-27(28)2)32-17-6-7-18-33(32)39-35-19-8-10-21-37(35)40(38-22-11-9-20-36(38)39)34-23-12-15-29-14-4-5-16-31(29)34/h3-8,10,12-26H,9,11H2,1-2H3/b13-3-. The van der Waals surface area contributed by atoms with Gasteiger partial charge in [-0.05, 0) is 103 Å². The minimum Gasteiger partial charge on any atom is -0.0871 e. The molecule has 0 aliphatic heterocycles. The fraction of sp³-hybridized carbons (Fsp3) is 0.100. The van der Waals surface area contributed by atoms with Crippen LogP contribution >= 0.6 is 0 Å². The average Bonchev–Trinajstić information content (AvgIpc) is 3.01. The molecule has 0 aromatic heterocycles. The summed E-state index contributed by atoms with van der Waals surface area (Å²) in [6.07, 6.45) is 11.4. The second kappa shape index (κ2) is 10.1. The third kappa shape index (κ3) is 4.00. The topological polar surface area (TPSA) is 0 Å². The number of rotatable bonds is 4. The van der Waals surface area contributed by atoms with Crippen LogP contribution in [0.1, 0.15) is 30.9 Å². The average molecular weight is 513 g/mol. The molecule has 0 amide bonds. The molecule has 0 saturated carbocycles. The second-order valence-corrected chi connectivity index (χ2v) is 10.8. The van der Waals surface area contributed by atoms with Gasteiger partial charge in [0.05, 0.1) is 0 Å².